The van der Waals surface area contributed by atoms with Gasteiger partial charge in [0.05, 0.1) is 17.8 Å². The summed E-state index contributed by atoms with van der Waals surface area (Å²) in [5.74, 6) is 1.33. The van der Waals surface area contributed by atoms with Gasteiger partial charge in [0.2, 0.25) is 0 Å². The number of nitrogens with one attached hydrogen (secondary N) is 2. The lowest BCUT2D eigenvalue weighted by Crippen LogP contribution is -2.41. The van der Waals surface area contributed by atoms with Gasteiger partial charge >= 0.3 is 0 Å². The highest BCUT2D eigenvalue weighted by Crippen LogP contribution is 2.24. The second-order valence-corrected chi connectivity index (χ2v) is 7.19. The third-order valence-corrected chi connectivity index (χ3v) is 4.42. The van der Waals surface area contributed by atoms with Crippen molar-refractivity contribution in [1.29, 1.82) is 0 Å². The van der Waals surface area contributed by atoms with E-state index in [1.165, 1.54) is 5.69 Å². The van der Waals surface area contributed by atoms with E-state index in [1.807, 2.05) is 6.92 Å². The van der Waals surface area contributed by atoms with Crippen LogP contribution in [0, 0.1) is 19.8 Å². The second-order valence-electron chi connectivity index (χ2n) is 7.19. The largest absolute Gasteiger partial charge is 0.373 e. The summed E-state index contributed by atoms with van der Waals surface area (Å²) in [4.78, 5) is 4.71. The standard InChI is InChI=1S/C18H33N5O/c1-6-19-17(21-13-18(5)8-7-9-24-18)20-11-14(2)12-23-16(4)10-15(3)22-23/h10,14H,6-9,11-13H2,1-5H3,(H2,19,20,21). The van der Waals surface area contributed by atoms with Crippen LogP contribution in [-0.2, 0) is 11.3 Å². The molecule has 0 radical (unpaired) electrons. The fraction of sp³-hybridized carbons (Fsp3) is 0.778. The zero-order valence-corrected chi connectivity index (χ0v) is 15.9. The molecule has 2 heterocycles. The third kappa shape index (κ3) is 5.51. The summed E-state index contributed by atoms with van der Waals surface area (Å²) in [6.07, 6.45) is 2.22. The summed E-state index contributed by atoms with van der Waals surface area (Å²) in [6.45, 7) is 14.8. The molecule has 1 saturated heterocycles. The molecule has 6 nitrogen and oxygen atoms in total. The Kier molecular flexibility index (Phi) is 6.66. The van der Waals surface area contributed by atoms with Gasteiger partial charge in [-0.25, -0.2) is 0 Å². The summed E-state index contributed by atoms with van der Waals surface area (Å²) < 4.78 is 7.90. The van der Waals surface area contributed by atoms with Gasteiger partial charge in [0.1, 0.15) is 0 Å². The van der Waals surface area contributed by atoms with Crippen molar-refractivity contribution in [3.63, 3.8) is 0 Å². The van der Waals surface area contributed by atoms with Gasteiger partial charge < -0.3 is 15.4 Å². The first-order valence-corrected chi connectivity index (χ1v) is 9.09. The summed E-state index contributed by atoms with van der Waals surface area (Å²) in [5.41, 5.74) is 2.19. The molecule has 24 heavy (non-hydrogen) atoms. The van der Waals surface area contributed by atoms with Crippen LogP contribution in [0.15, 0.2) is 11.1 Å². The van der Waals surface area contributed by atoms with Crippen LogP contribution in [0.1, 0.15) is 45.0 Å². The molecule has 0 bridgehead atoms. The number of rotatable bonds is 7. The van der Waals surface area contributed by atoms with Crippen molar-refractivity contribution < 1.29 is 4.74 Å². The zero-order chi connectivity index (χ0) is 17.6. The van der Waals surface area contributed by atoms with E-state index in [4.69, 9.17) is 9.73 Å². The topological polar surface area (TPSA) is 63.5 Å². The normalized spacial score (nSPS) is 22.6. The number of aryl methyl sites for hydroxylation is 2. The molecule has 0 amide bonds. The van der Waals surface area contributed by atoms with Gasteiger partial charge in [0.25, 0.3) is 0 Å². The van der Waals surface area contributed by atoms with Crippen LogP contribution in [0.5, 0.6) is 0 Å². The van der Waals surface area contributed by atoms with E-state index < -0.39 is 0 Å². The summed E-state index contributed by atoms with van der Waals surface area (Å²) in [6, 6.07) is 2.12. The Balaban J connectivity index is 1.84. The molecule has 1 aliphatic heterocycles. The third-order valence-electron chi connectivity index (χ3n) is 4.42. The van der Waals surface area contributed by atoms with Gasteiger partial charge in [0, 0.05) is 31.9 Å². The first-order chi connectivity index (χ1) is 11.4. The van der Waals surface area contributed by atoms with E-state index in [9.17, 15) is 0 Å². The lowest BCUT2D eigenvalue weighted by atomic mass is 10.0. The molecule has 6 heteroatoms. The van der Waals surface area contributed by atoms with Crippen molar-refractivity contribution >= 4 is 5.96 Å². The average Bonchev–Trinajstić information content (AvgIpc) is 3.08. The quantitative estimate of drug-likeness (QED) is 0.593. The number of aromatic nitrogens is 2. The molecule has 2 unspecified atom stereocenters. The van der Waals surface area contributed by atoms with Crippen LogP contribution >= 0.6 is 0 Å². The number of guanidine groups is 1. The molecule has 2 rings (SSSR count). The Morgan fingerprint density at radius 1 is 1.46 bits per heavy atom. The lowest BCUT2D eigenvalue weighted by Gasteiger charge is -2.22. The van der Waals surface area contributed by atoms with E-state index in [0.717, 1.165) is 50.7 Å². The number of hydrogen-bond acceptors (Lipinski definition) is 3. The molecular weight excluding hydrogens is 302 g/mol. The van der Waals surface area contributed by atoms with Crippen molar-refractivity contribution in [2.45, 2.75) is 59.6 Å². The van der Waals surface area contributed by atoms with Crippen LogP contribution in [0.4, 0.5) is 0 Å². The van der Waals surface area contributed by atoms with Gasteiger partial charge in [-0.3, -0.25) is 9.67 Å². The maximum Gasteiger partial charge on any atom is 0.191 e. The Morgan fingerprint density at radius 2 is 2.25 bits per heavy atom. The molecule has 0 aliphatic carbocycles. The Bertz CT molecular complexity index is 546. The molecular formula is C18H33N5O. The predicted molar refractivity (Wildman–Crippen MR) is 98.4 cm³/mol. The Morgan fingerprint density at radius 3 is 2.83 bits per heavy atom. The molecule has 2 N–H and O–H groups in total. The summed E-state index contributed by atoms with van der Waals surface area (Å²) in [7, 11) is 0. The van der Waals surface area contributed by atoms with Gasteiger partial charge in [-0.15, -0.1) is 0 Å². The van der Waals surface area contributed by atoms with E-state index >= 15 is 0 Å². The van der Waals surface area contributed by atoms with Crippen LogP contribution in [0.3, 0.4) is 0 Å². The van der Waals surface area contributed by atoms with Gasteiger partial charge in [-0.2, -0.15) is 5.10 Å². The number of nitrogens with zero attached hydrogens (tertiary/aromatic N) is 3. The molecule has 0 saturated carbocycles. The van der Waals surface area contributed by atoms with Gasteiger partial charge in [0.15, 0.2) is 5.96 Å². The van der Waals surface area contributed by atoms with Gasteiger partial charge in [-0.05, 0) is 52.5 Å². The zero-order valence-electron chi connectivity index (χ0n) is 15.9. The van der Waals surface area contributed by atoms with Crippen LogP contribution in [0.2, 0.25) is 0 Å². The number of aliphatic imine (C=N–C) groups is 1. The molecule has 1 aromatic heterocycles. The van der Waals surface area contributed by atoms with Crippen molar-refractivity contribution in [2.75, 3.05) is 26.2 Å². The second kappa shape index (κ2) is 8.51. The molecule has 0 aromatic carbocycles. The maximum atomic E-state index is 5.81. The smallest absolute Gasteiger partial charge is 0.191 e. The molecule has 136 valence electrons. The number of ether oxygens (including phenoxy) is 1. The van der Waals surface area contributed by atoms with Crippen molar-refractivity contribution in [1.82, 2.24) is 20.4 Å². The fourth-order valence-corrected chi connectivity index (χ4v) is 3.04. The molecule has 2 atom stereocenters. The maximum absolute atomic E-state index is 5.81. The van der Waals surface area contributed by atoms with Crippen LogP contribution in [0.25, 0.3) is 0 Å². The van der Waals surface area contributed by atoms with E-state index in [2.05, 4.69) is 54.2 Å². The monoisotopic (exact) mass is 335 g/mol. The predicted octanol–water partition coefficient (Wildman–Crippen LogP) is 2.26. The minimum Gasteiger partial charge on any atom is -0.373 e. The molecule has 0 spiro atoms. The van der Waals surface area contributed by atoms with E-state index in [1.54, 1.807) is 0 Å². The van der Waals surface area contributed by atoms with Crippen molar-refractivity contribution in [3.05, 3.63) is 17.5 Å². The van der Waals surface area contributed by atoms with Crippen LogP contribution < -0.4 is 10.6 Å². The van der Waals surface area contributed by atoms with Gasteiger partial charge in [-0.1, -0.05) is 6.92 Å². The SMILES string of the molecule is CCNC(=NCC1(C)CCCO1)NCC(C)Cn1nc(C)cc1C. The minimum absolute atomic E-state index is 0.0995. The molecule has 1 aliphatic rings. The Labute approximate surface area is 146 Å². The lowest BCUT2D eigenvalue weighted by molar-refractivity contribution is 0.0283. The van der Waals surface area contributed by atoms with Crippen LogP contribution in [-0.4, -0.2) is 47.6 Å². The summed E-state index contributed by atoms with van der Waals surface area (Å²) >= 11 is 0. The summed E-state index contributed by atoms with van der Waals surface area (Å²) in [5, 5.41) is 11.3. The minimum atomic E-state index is -0.0995. The first kappa shape index (κ1) is 18.8. The molecule has 1 fully saturated rings. The highest BCUT2D eigenvalue weighted by molar-refractivity contribution is 5.79. The van der Waals surface area contributed by atoms with E-state index in [0.29, 0.717) is 12.5 Å². The highest BCUT2D eigenvalue weighted by Gasteiger charge is 2.29. The molecule has 1 aromatic rings. The average molecular weight is 335 g/mol. The highest BCUT2D eigenvalue weighted by atomic mass is 16.5. The Hall–Kier alpha value is -1.56. The van der Waals surface area contributed by atoms with Crippen molar-refractivity contribution in [2.24, 2.45) is 10.9 Å². The van der Waals surface area contributed by atoms with Crippen molar-refractivity contribution in [3.8, 4) is 0 Å². The number of hydrogen-bond donors (Lipinski definition) is 2. The fourth-order valence-electron chi connectivity index (χ4n) is 3.04. The van der Waals surface area contributed by atoms with E-state index in [-0.39, 0.29) is 5.60 Å². The first-order valence-electron chi connectivity index (χ1n) is 9.09.